The lowest BCUT2D eigenvalue weighted by molar-refractivity contribution is -0.379. The van der Waals surface area contributed by atoms with Crippen molar-refractivity contribution in [2.45, 2.75) is 401 Å². The predicted octanol–water partition coefficient (Wildman–Crippen LogP) is 11.2. The van der Waals surface area contributed by atoms with Crippen LogP contribution < -0.4 is 5.32 Å². The summed E-state index contributed by atoms with van der Waals surface area (Å²) in [5.41, 5.74) is 0. The summed E-state index contributed by atoms with van der Waals surface area (Å²) >= 11 is 0. The van der Waals surface area contributed by atoms with E-state index >= 15 is 0 Å². The zero-order chi connectivity index (χ0) is 67.5. The van der Waals surface area contributed by atoms with E-state index in [-0.39, 0.29) is 18.9 Å². The molecule has 3 saturated heterocycles. The van der Waals surface area contributed by atoms with E-state index in [2.05, 4.69) is 43.5 Å². The molecule has 0 aromatic heterocycles. The normalized spacial score (nSPS) is 27.7. The fourth-order valence-corrected chi connectivity index (χ4v) is 12.8. The molecule has 12 N–H and O–H groups in total. The standard InChI is InChI=1S/C74H137NO18/c1-3-5-7-9-11-12-13-14-15-16-17-18-19-20-21-22-23-24-25-26-27-28-29-30-31-32-33-34-35-36-37-38-39-40-41-42-43-44-46-48-50-52-62(80)75-57(58(79)51-49-47-45-10-8-6-4-2)56-88-72-68(86)65(83)70(60(54-77)90-72)93-74-69(87)66(84)71(61(55-78)91-74)92-73-67(85)64(82)63(81)59(53-76)89-73/h13-14,16-17,49,51,57-61,63-74,76-79,81-87H,3-12,15,18-48,50,52-56H2,1-2H3,(H,75,80)/b14-13-,17-16-,51-49+. The molecule has 3 heterocycles. The Morgan fingerprint density at radius 2 is 0.710 bits per heavy atom. The lowest BCUT2D eigenvalue weighted by Crippen LogP contribution is -2.66. The highest BCUT2D eigenvalue weighted by Crippen LogP contribution is 2.33. The molecule has 3 fully saturated rings. The summed E-state index contributed by atoms with van der Waals surface area (Å²) in [6.45, 7) is 1.66. The molecule has 3 rings (SSSR count). The summed E-state index contributed by atoms with van der Waals surface area (Å²) in [6, 6.07) is -0.967. The molecule has 19 nitrogen and oxygen atoms in total. The van der Waals surface area contributed by atoms with Crippen molar-refractivity contribution in [3.05, 3.63) is 36.5 Å². The van der Waals surface area contributed by atoms with Crippen molar-refractivity contribution < 1.29 is 89.4 Å². The number of nitrogens with one attached hydrogen (secondary N) is 1. The predicted molar refractivity (Wildman–Crippen MR) is 365 cm³/mol. The van der Waals surface area contributed by atoms with Gasteiger partial charge in [-0.1, -0.05) is 275 Å². The number of rotatable bonds is 59. The van der Waals surface area contributed by atoms with Crippen molar-refractivity contribution in [3.63, 3.8) is 0 Å². The molecular formula is C74H137NO18. The molecule has 93 heavy (non-hydrogen) atoms. The Morgan fingerprint density at radius 1 is 0.387 bits per heavy atom. The lowest BCUT2D eigenvalue weighted by atomic mass is 9.96. The first-order valence-electron chi connectivity index (χ1n) is 37.7. The molecule has 3 aliphatic heterocycles. The SMILES string of the molecule is CCCCCCC/C=C\C/C=C\CCCCCCCCCCCCCCCCCCCCCCCCCCCCCCCC(=O)NC(COC1OC(CO)C(OC2OC(CO)C(OC3OC(CO)C(O)C(O)C3O)C(O)C2O)C(O)C1O)C(O)/C=C/CCCCCCC. The smallest absolute Gasteiger partial charge is 0.220 e. The van der Waals surface area contributed by atoms with Crippen molar-refractivity contribution in [1.29, 1.82) is 0 Å². The third-order valence-electron chi connectivity index (χ3n) is 18.9. The van der Waals surface area contributed by atoms with Gasteiger partial charge in [0.25, 0.3) is 0 Å². The first kappa shape index (κ1) is 85.2. The molecule has 546 valence electrons. The van der Waals surface area contributed by atoms with Gasteiger partial charge in [-0.2, -0.15) is 0 Å². The van der Waals surface area contributed by atoms with Crippen LogP contribution in [0.15, 0.2) is 36.5 Å². The topological polar surface area (TPSA) is 307 Å². The van der Waals surface area contributed by atoms with Crippen molar-refractivity contribution >= 4 is 5.91 Å². The summed E-state index contributed by atoms with van der Waals surface area (Å²) in [6.07, 6.45) is 40.9. The molecule has 0 saturated carbocycles. The molecule has 1 amide bonds. The van der Waals surface area contributed by atoms with Crippen LogP contribution in [0.2, 0.25) is 0 Å². The quantitative estimate of drug-likeness (QED) is 0.0199. The van der Waals surface area contributed by atoms with Gasteiger partial charge in [-0.25, -0.2) is 0 Å². The maximum absolute atomic E-state index is 13.3. The molecule has 0 spiro atoms. The molecule has 17 unspecified atom stereocenters. The molecule has 19 heteroatoms. The van der Waals surface area contributed by atoms with Gasteiger partial charge in [0.15, 0.2) is 18.9 Å². The van der Waals surface area contributed by atoms with Crippen LogP contribution in [0.3, 0.4) is 0 Å². The second-order valence-corrected chi connectivity index (χ2v) is 27.1. The van der Waals surface area contributed by atoms with E-state index in [0.29, 0.717) is 6.42 Å². The Balaban J connectivity index is 1.21. The summed E-state index contributed by atoms with van der Waals surface area (Å²) in [5.74, 6) is -0.275. The van der Waals surface area contributed by atoms with Gasteiger partial charge >= 0.3 is 0 Å². The van der Waals surface area contributed by atoms with Crippen LogP contribution in [0, 0.1) is 0 Å². The second-order valence-electron chi connectivity index (χ2n) is 27.1. The highest BCUT2D eigenvalue weighted by Gasteiger charge is 2.53. The van der Waals surface area contributed by atoms with Crippen LogP contribution in [-0.4, -0.2) is 193 Å². The molecule has 0 aromatic carbocycles. The fourth-order valence-electron chi connectivity index (χ4n) is 12.8. The Kier molecular flexibility index (Phi) is 51.2. The highest BCUT2D eigenvalue weighted by molar-refractivity contribution is 5.76. The first-order chi connectivity index (χ1) is 45.3. The van der Waals surface area contributed by atoms with Gasteiger partial charge in [0.1, 0.15) is 73.2 Å². The summed E-state index contributed by atoms with van der Waals surface area (Å²) in [7, 11) is 0. The zero-order valence-electron chi connectivity index (χ0n) is 58.0. The summed E-state index contributed by atoms with van der Waals surface area (Å²) in [4.78, 5) is 13.3. The van der Waals surface area contributed by atoms with Gasteiger partial charge in [-0.15, -0.1) is 0 Å². The van der Waals surface area contributed by atoms with Gasteiger partial charge in [0, 0.05) is 6.42 Å². The van der Waals surface area contributed by atoms with Gasteiger partial charge in [0.05, 0.1) is 38.6 Å². The van der Waals surface area contributed by atoms with Crippen molar-refractivity contribution in [1.82, 2.24) is 5.32 Å². The van der Waals surface area contributed by atoms with Crippen LogP contribution in [0.25, 0.3) is 0 Å². The minimum absolute atomic E-state index is 0.247. The van der Waals surface area contributed by atoms with Crippen LogP contribution in [0.5, 0.6) is 0 Å². The minimum atomic E-state index is -1.98. The van der Waals surface area contributed by atoms with Crippen LogP contribution in [0.4, 0.5) is 0 Å². The van der Waals surface area contributed by atoms with E-state index < -0.39 is 124 Å². The van der Waals surface area contributed by atoms with Crippen molar-refractivity contribution in [2.24, 2.45) is 0 Å². The molecule has 0 radical (unpaired) electrons. The number of ether oxygens (including phenoxy) is 6. The van der Waals surface area contributed by atoms with Gasteiger partial charge in [0.2, 0.25) is 5.91 Å². The third-order valence-corrected chi connectivity index (χ3v) is 18.9. The Morgan fingerprint density at radius 3 is 1.10 bits per heavy atom. The number of amides is 1. The summed E-state index contributed by atoms with van der Waals surface area (Å²) < 4.78 is 34.2. The van der Waals surface area contributed by atoms with Crippen molar-refractivity contribution in [3.8, 4) is 0 Å². The maximum Gasteiger partial charge on any atom is 0.220 e. The molecule has 0 aliphatic carbocycles. The molecular weight excluding hydrogens is 1190 g/mol. The van der Waals surface area contributed by atoms with Crippen LogP contribution in [-0.2, 0) is 33.2 Å². The Labute approximate surface area is 561 Å². The maximum atomic E-state index is 13.3. The first-order valence-corrected chi connectivity index (χ1v) is 37.7. The van der Waals surface area contributed by atoms with Gasteiger partial charge < -0.3 is 89.9 Å². The van der Waals surface area contributed by atoms with Crippen molar-refractivity contribution in [2.75, 3.05) is 26.4 Å². The van der Waals surface area contributed by atoms with E-state index in [1.165, 1.54) is 205 Å². The minimum Gasteiger partial charge on any atom is -0.394 e. The monoisotopic (exact) mass is 1330 g/mol. The van der Waals surface area contributed by atoms with E-state index in [4.69, 9.17) is 28.4 Å². The van der Waals surface area contributed by atoms with Gasteiger partial charge in [-0.3, -0.25) is 4.79 Å². The average Bonchev–Trinajstić information content (AvgIpc) is 0.798. The summed E-state index contributed by atoms with van der Waals surface area (Å²) in [5, 5.41) is 120. The van der Waals surface area contributed by atoms with E-state index in [1.54, 1.807) is 6.08 Å². The van der Waals surface area contributed by atoms with Crippen LogP contribution >= 0.6 is 0 Å². The molecule has 0 bridgehead atoms. The molecule has 3 aliphatic rings. The number of unbranched alkanes of at least 4 members (excludes halogenated alkanes) is 39. The average molecular weight is 1330 g/mol. The van der Waals surface area contributed by atoms with E-state index in [1.807, 2.05) is 6.08 Å². The number of carbonyl (C=O) groups is 1. The fraction of sp³-hybridized carbons (Fsp3) is 0.905. The Hall–Kier alpha value is -1.99. The lowest BCUT2D eigenvalue weighted by Gasteiger charge is -2.48. The number of aliphatic hydroxyl groups is 11. The van der Waals surface area contributed by atoms with E-state index in [9.17, 15) is 61.0 Å². The largest absolute Gasteiger partial charge is 0.394 e. The zero-order valence-corrected chi connectivity index (χ0v) is 58.0. The number of hydrogen-bond acceptors (Lipinski definition) is 18. The second kappa shape index (κ2) is 55.8. The molecule has 17 atom stereocenters. The van der Waals surface area contributed by atoms with E-state index in [0.717, 1.165) is 64.2 Å². The van der Waals surface area contributed by atoms with Gasteiger partial charge in [-0.05, 0) is 51.4 Å². The number of aliphatic hydroxyl groups excluding tert-OH is 11. The number of hydrogen-bond donors (Lipinski definition) is 12. The highest BCUT2D eigenvalue weighted by atomic mass is 16.8. The van der Waals surface area contributed by atoms with Crippen LogP contribution in [0.1, 0.15) is 296 Å². The third kappa shape index (κ3) is 37.1. The number of allylic oxidation sites excluding steroid dienone is 5. The molecule has 0 aromatic rings. The Bertz CT molecular complexity index is 1830. The number of carbonyl (C=O) groups excluding carboxylic acids is 1.